The Bertz CT molecular complexity index is 561. The Morgan fingerprint density at radius 3 is 2.15 bits per heavy atom. The van der Waals surface area contributed by atoms with E-state index in [0.717, 1.165) is 0 Å². The first-order chi connectivity index (χ1) is 9.38. The molecule has 1 fully saturated rings. The second kappa shape index (κ2) is 5.05. The van der Waals surface area contributed by atoms with Gasteiger partial charge in [-0.05, 0) is 80.2 Å². The van der Waals surface area contributed by atoms with Gasteiger partial charge in [-0.25, -0.2) is 0 Å². The highest BCUT2D eigenvalue weighted by molar-refractivity contribution is 6.42. The molecule has 20 heavy (non-hydrogen) atoms. The zero-order valence-electron chi connectivity index (χ0n) is 12.0. The molecule has 0 saturated heterocycles. The third kappa shape index (κ3) is 2.41. The van der Waals surface area contributed by atoms with E-state index in [0.29, 0.717) is 21.9 Å². The normalized spacial score (nSPS) is 26.2. The van der Waals surface area contributed by atoms with E-state index >= 15 is 0 Å². The fraction of sp³-hybridized carbons (Fsp3) is 0.529. The standard InChI is InChI=1S/C17H21Cl2N/c1-17(2,20)16-11-5-3-10(4-6-11)15(16)12-7-8-13(18)14(19)9-12/h7-11H,3-6,20H2,1-2H3. The van der Waals surface area contributed by atoms with Gasteiger partial charge in [-0.3, -0.25) is 0 Å². The predicted octanol–water partition coefficient (Wildman–Crippen LogP) is 5.30. The molecule has 0 radical (unpaired) electrons. The van der Waals surface area contributed by atoms with E-state index in [1.807, 2.05) is 12.1 Å². The second-order valence-electron chi connectivity index (χ2n) is 6.73. The number of halogens is 2. The van der Waals surface area contributed by atoms with Gasteiger partial charge in [0.2, 0.25) is 0 Å². The van der Waals surface area contributed by atoms with Gasteiger partial charge in [0, 0.05) is 5.54 Å². The van der Waals surface area contributed by atoms with Gasteiger partial charge in [-0.2, -0.15) is 0 Å². The molecule has 0 aliphatic heterocycles. The molecule has 2 bridgehead atoms. The minimum atomic E-state index is -0.259. The van der Waals surface area contributed by atoms with Crippen LogP contribution in [0.15, 0.2) is 23.8 Å². The second-order valence-corrected chi connectivity index (χ2v) is 7.54. The van der Waals surface area contributed by atoms with Gasteiger partial charge in [0.1, 0.15) is 0 Å². The van der Waals surface area contributed by atoms with E-state index in [-0.39, 0.29) is 5.54 Å². The number of nitrogens with two attached hydrogens (primary N) is 1. The van der Waals surface area contributed by atoms with Crippen LogP contribution in [0, 0.1) is 11.8 Å². The Kier molecular flexibility index (Phi) is 3.64. The Labute approximate surface area is 131 Å². The van der Waals surface area contributed by atoms with Gasteiger partial charge in [-0.15, -0.1) is 0 Å². The largest absolute Gasteiger partial charge is 0.322 e. The number of hydrogen-bond acceptors (Lipinski definition) is 1. The molecule has 3 aliphatic rings. The summed E-state index contributed by atoms with van der Waals surface area (Å²) in [4.78, 5) is 0. The van der Waals surface area contributed by atoms with E-state index in [9.17, 15) is 0 Å². The van der Waals surface area contributed by atoms with Crippen molar-refractivity contribution in [2.45, 2.75) is 45.1 Å². The highest BCUT2D eigenvalue weighted by atomic mass is 35.5. The summed E-state index contributed by atoms with van der Waals surface area (Å²) in [7, 11) is 0. The predicted molar refractivity (Wildman–Crippen MR) is 87.1 cm³/mol. The van der Waals surface area contributed by atoms with Crippen molar-refractivity contribution in [3.05, 3.63) is 39.4 Å². The van der Waals surface area contributed by atoms with E-state index in [4.69, 9.17) is 28.9 Å². The lowest BCUT2D eigenvalue weighted by molar-refractivity contribution is 0.296. The molecule has 1 aromatic carbocycles. The summed E-state index contributed by atoms with van der Waals surface area (Å²) in [5.41, 5.74) is 10.3. The highest BCUT2D eigenvalue weighted by Gasteiger charge is 2.40. The van der Waals surface area contributed by atoms with Crippen LogP contribution in [-0.4, -0.2) is 5.54 Å². The molecule has 3 heteroatoms. The van der Waals surface area contributed by atoms with E-state index < -0.39 is 0 Å². The van der Waals surface area contributed by atoms with Crippen molar-refractivity contribution in [3.8, 4) is 0 Å². The summed E-state index contributed by atoms with van der Waals surface area (Å²) in [6.45, 7) is 4.25. The van der Waals surface area contributed by atoms with E-state index in [2.05, 4.69) is 19.9 Å². The average molecular weight is 310 g/mol. The molecule has 0 unspecified atom stereocenters. The van der Waals surface area contributed by atoms with Crippen molar-refractivity contribution in [1.29, 1.82) is 0 Å². The first-order valence-corrected chi connectivity index (χ1v) is 8.12. The van der Waals surface area contributed by atoms with Gasteiger partial charge in [-0.1, -0.05) is 29.3 Å². The molecule has 1 nitrogen and oxygen atoms in total. The summed E-state index contributed by atoms with van der Waals surface area (Å²) < 4.78 is 0. The Morgan fingerprint density at radius 1 is 1.00 bits per heavy atom. The monoisotopic (exact) mass is 309 g/mol. The fourth-order valence-corrected chi connectivity index (χ4v) is 4.34. The number of benzene rings is 1. The van der Waals surface area contributed by atoms with E-state index in [1.165, 1.54) is 42.4 Å². The van der Waals surface area contributed by atoms with Crippen LogP contribution in [0.5, 0.6) is 0 Å². The summed E-state index contributed by atoms with van der Waals surface area (Å²) in [5.74, 6) is 1.28. The number of hydrogen-bond donors (Lipinski definition) is 1. The van der Waals surface area contributed by atoms with E-state index in [1.54, 1.807) is 0 Å². The molecule has 1 saturated carbocycles. The van der Waals surface area contributed by atoms with Crippen LogP contribution in [0.3, 0.4) is 0 Å². The van der Waals surface area contributed by atoms with Crippen molar-refractivity contribution >= 4 is 28.8 Å². The minimum absolute atomic E-state index is 0.259. The van der Waals surface area contributed by atoms with Crippen LogP contribution in [0.25, 0.3) is 5.57 Å². The molecule has 1 aromatic rings. The maximum atomic E-state index is 6.48. The molecular formula is C17H21Cl2N. The van der Waals surface area contributed by atoms with Crippen LogP contribution in [0.1, 0.15) is 45.1 Å². The quantitative estimate of drug-likeness (QED) is 0.787. The summed E-state index contributed by atoms with van der Waals surface area (Å²) in [6.07, 6.45) is 5.12. The average Bonchev–Trinajstić information content (AvgIpc) is 2.41. The highest BCUT2D eigenvalue weighted by Crippen LogP contribution is 2.52. The lowest BCUT2D eigenvalue weighted by Gasteiger charge is -2.45. The molecular weight excluding hydrogens is 289 g/mol. The third-order valence-electron chi connectivity index (χ3n) is 4.76. The Morgan fingerprint density at radius 2 is 1.60 bits per heavy atom. The SMILES string of the molecule is CC(C)(N)C1=C(c2ccc(Cl)c(Cl)c2)C2CCC1CC2. The van der Waals surface area contributed by atoms with Gasteiger partial charge >= 0.3 is 0 Å². The lowest BCUT2D eigenvalue weighted by Crippen LogP contribution is -2.42. The third-order valence-corrected chi connectivity index (χ3v) is 5.50. The summed E-state index contributed by atoms with van der Waals surface area (Å²) >= 11 is 12.3. The minimum Gasteiger partial charge on any atom is -0.322 e. The summed E-state index contributed by atoms with van der Waals surface area (Å²) in [5, 5.41) is 1.25. The topological polar surface area (TPSA) is 26.0 Å². The Hall–Kier alpha value is -0.500. The van der Waals surface area contributed by atoms with Crippen molar-refractivity contribution in [2.75, 3.05) is 0 Å². The Balaban J connectivity index is 2.18. The summed E-state index contributed by atoms with van der Waals surface area (Å²) in [6, 6.07) is 6.00. The lowest BCUT2D eigenvalue weighted by atomic mass is 9.61. The van der Waals surface area contributed by atoms with Crippen molar-refractivity contribution in [3.63, 3.8) is 0 Å². The molecule has 3 aliphatic carbocycles. The molecule has 0 amide bonds. The molecule has 0 aromatic heterocycles. The molecule has 0 spiro atoms. The fourth-order valence-electron chi connectivity index (χ4n) is 4.04. The molecule has 0 atom stereocenters. The molecule has 108 valence electrons. The van der Waals surface area contributed by atoms with Gasteiger partial charge in [0.25, 0.3) is 0 Å². The zero-order chi connectivity index (χ0) is 14.5. The van der Waals surface area contributed by atoms with Crippen molar-refractivity contribution in [1.82, 2.24) is 0 Å². The first kappa shape index (κ1) is 14.4. The molecule has 2 N–H and O–H groups in total. The molecule has 4 rings (SSSR count). The number of allylic oxidation sites excluding steroid dienone is 1. The van der Waals surface area contributed by atoms with Crippen LogP contribution < -0.4 is 5.73 Å². The van der Waals surface area contributed by atoms with Crippen LogP contribution >= 0.6 is 23.2 Å². The van der Waals surface area contributed by atoms with Crippen LogP contribution in [0.4, 0.5) is 0 Å². The van der Waals surface area contributed by atoms with Gasteiger partial charge in [0.15, 0.2) is 0 Å². The number of fused-ring (bicyclic) bond motifs is 2. The van der Waals surface area contributed by atoms with Crippen molar-refractivity contribution in [2.24, 2.45) is 17.6 Å². The first-order valence-electron chi connectivity index (χ1n) is 7.37. The molecule has 0 heterocycles. The maximum absolute atomic E-state index is 6.48. The maximum Gasteiger partial charge on any atom is 0.0598 e. The van der Waals surface area contributed by atoms with Crippen LogP contribution in [0.2, 0.25) is 10.0 Å². The van der Waals surface area contributed by atoms with Gasteiger partial charge < -0.3 is 5.73 Å². The van der Waals surface area contributed by atoms with Crippen LogP contribution in [-0.2, 0) is 0 Å². The zero-order valence-corrected chi connectivity index (χ0v) is 13.6. The number of rotatable bonds is 2. The smallest absolute Gasteiger partial charge is 0.0598 e. The van der Waals surface area contributed by atoms with Crippen molar-refractivity contribution < 1.29 is 0 Å². The van der Waals surface area contributed by atoms with Gasteiger partial charge in [0.05, 0.1) is 10.0 Å².